The van der Waals surface area contributed by atoms with Crippen molar-refractivity contribution < 1.29 is 14.3 Å². The molecule has 2 saturated heterocycles. The minimum absolute atomic E-state index is 0.0439. The second-order valence-corrected chi connectivity index (χ2v) is 8.76. The topological polar surface area (TPSA) is 70.7 Å². The van der Waals surface area contributed by atoms with Crippen molar-refractivity contribution in [1.29, 1.82) is 0 Å². The van der Waals surface area contributed by atoms with Crippen molar-refractivity contribution in [2.24, 2.45) is 5.92 Å². The first-order valence-corrected chi connectivity index (χ1v) is 10.9. The Labute approximate surface area is 164 Å². The second kappa shape index (κ2) is 8.20. The maximum Gasteiger partial charge on any atom is 0.251 e. The number of ether oxygens (including phenoxy) is 1. The molecule has 3 fully saturated rings. The van der Waals surface area contributed by atoms with Gasteiger partial charge in [0, 0.05) is 48.1 Å². The molecule has 4 rings (SSSR count). The third-order valence-corrected chi connectivity index (χ3v) is 6.94. The fraction of sp³-hybridized carbons (Fsp3) is 0.600. The van der Waals surface area contributed by atoms with Gasteiger partial charge in [0.05, 0.1) is 13.2 Å². The van der Waals surface area contributed by atoms with E-state index in [4.69, 9.17) is 4.74 Å². The molecule has 6 nitrogen and oxygen atoms in total. The Hall–Kier alpha value is -1.57. The van der Waals surface area contributed by atoms with Crippen molar-refractivity contribution in [2.45, 2.75) is 24.8 Å². The van der Waals surface area contributed by atoms with Gasteiger partial charge < -0.3 is 15.4 Å². The predicted molar refractivity (Wildman–Crippen MR) is 107 cm³/mol. The molecule has 0 radical (unpaired) electrons. The lowest BCUT2D eigenvalue weighted by molar-refractivity contribution is -0.117. The van der Waals surface area contributed by atoms with Crippen LogP contribution in [0.1, 0.15) is 29.6 Å². The van der Waals surface area contributed by atoms with Crippen LogP contribution in [-0.2, 0) is 9.53 Å². The number of benzene rings is 1. The van der Waals surface area contributed by atoms with Crippen molar-refractivity contribution >= 4 is 29.3 Å². The highest BCUT2D eigenvalue weighted by molar-refractivity contribution is 7.99. The van der Waals surface area contributed by atoms with Gasteiger partial charge in [0.15, 0.2) is 0 Å². The van der Waals surface area contributed by atoms with E-state index in [0.717, 1.165) is 62.8 Å². The van der Waals surface area contributed by atoms with Crippen LogP contribution in [0.2, 0.25) is 0 Å². The molecule has 1 aromatic carbocycles. The molecule has 1 aromatic rings. The summed E-state index contributed by atoms with van der Waals surface area (Å²) in [5, 5.41) is 6.05. The Morgan fingerprint density at radius 1 is 1.19 bits per heavy atom. The molecular weight excluding hydrogens is 362 g/mol. The van der Waals surface area contributed by atoms with Crippen LogP contribution in [-0.4, -0.2) is 66.6 Å². The van der Waals surface area contributed by atoms with Crippen molar-refractivity contribution in [3.63, 3.8) is 0 Å². The molecule has 0 bridgehead atoms. The molecule has 3 aliphatic rings. The van der Waals surface area contributed by atoms with Crippen LogP contribution < -0.4 is 10.6 Å². The van der Waals surface area contributed by atoms with E-state index in [2.05, 4.69) is 15.5 Å². The van der Waals surface area contributed by atoms with E-state index in [0.29, 0.717) is 12.1 Å². The standard InChI is InChI=1S/C20H27N3O3S/c24-18(15-3-5-17(6-4-15)22-19(25)16-1-2-16)21-13-20(7-12-27-14-20)23-8-10-26-11-9-23/h3-6,16H,1-2,7-14H2,(H,21,24)(H,22,25). The molecule has 2 N–H and O–H groups in total. The Kier molecular flexibility index (Phi) is 5.71. The van der Waals surface area contributed by atoms with Gasteiger partial charge >= 0.3 is 0 Å². The molecule has 2 amide bonds. The minimum Gasteiger partial charge on any atom is -0.379 e. The molecule has 2 aliphatic heterocycles. The highest BCUT2D eigenvalue weighted by atomic mass is 32.2. The Bertz CT molecular complexity index is 678. The number of morpholine rings is 1. The third-order valence-electron chi connectivity index (χ3n) is 5.71. The fourth-order valence-electron chi connectivity index (χ4n) is 3.78. The van der Waals surface area contributed by atoms with Gasteiger partial charge in [0.2, 0.25) is 5.91 Å². The van der Waals surface area contributed by atoms with Gasteiger partial charge in [-0.2, -0.15) is 11.8 Å². The Morgan fingerprint density at radius 2 is 1.93 bits per heavy atom. The zero-order chi connectivity index (χ0) is 18.7. The molecule has 2 heterocycles. The molecule has 1 unspecified atom stereocenters. The largest absolute Gasteiger partial charge is 0.379 e. The van der Waals surface area contributed by atoms with Gasteiger partial charge in [-0.05, 0) is 49.3 Å². The summed E-state index contributed by atoms with van der Waals surface area (Å²) in [5.41, 5.74) is 1.42. The van der Waals surface area contributed by atoms with E-state index >= 15 is 0 Å². The molecule has 27 heavy (non-hydrogen) atoms. The van der Waals surface area contributed by atoms with Crippen LogP contribution >= 0.6 is 11.8 Å². The minimum atomic E-state index is -0.0559. The summed E-state index contributed by atoms with van der Waals surface area (Å²) < 4.78 is 5.49. The van der Waals surface area contributed by atoms with Crippen molar-refractivity contribution in [3.8, 4) is 0 Å². The Balaban J connectivity index is 1.34. The van der Waals surface area contributed by atoms with Gasteiger partial charge in [0.1, 0.15) is 0 Å². The van der Waals surface area contributed by atoms with Gasteiger partial charge in [-0.25, -0.2) is 0 Å². The molecule has 0 spiro atoms. The number of thioether (sulfide) groups is 1. The lowest BCUT2D eigenvalue weighted by Crippen LogP contribution is -2.59. The van der Waals surface area contributed by atoms with Crippen LogP contribution in [0.3, 0.4) is 0 Å². The van der Waals surface area contributed by atoms with E-state index in [1.54, 1.807) is 24.3 Å². The highest BCUT2D eigenvalue weighted by Crippen LogP contribution is 2.33. The molecule has 0 aromatic heterocycles. The first kappa shape index (κ1) is 18.8. The van der Waals surface area contributed by atoms with Crippen LogP contribution in [0, 0.1) is 5.92 Å². The van der Waals surface area contributed by atoms with E-state index in [1.165, 1.54) is 0 Å². The number of hydrogen-bond acceptors (Lipinski definition) is 5. The van der Waals surface area contributed by atoms with Crippen molar-refractivity contribution in [3.05, 3.63) is 29.8 Å². The zero-order valence-corrected chi connectivity index (χ0v) is 16.4. The monoisotopic (exact) mass is 389 g/mol. The predicted octanol–water partition coefficient (Wildman–Crippen LogP) is 1.97. The van der Waals surface area contributed by atoms with Crippen molar-refractivity contribution in [1.82, 2.24) is 10.2 Å². The average Bonchev–Trinajstić information content (AvgIpc) is 3.46. The summed E-state index contributed by atoms with van der Waals surface area (Å²) >= 11 is 1.96. The van der Waals surface area contributed by atoms with Gasteiger partial charge in [-0.1, -0.05) is 0 Å². The Morgan fingerprint density at radius 3 is 2.56 bits per heavy atom. The van der Waals surface area contributed by atoms with Crippen molar-refractivity contribution in [2.75, 3.05) is 49.7 Å². The quantitative estimate of drug-likeness (QED) is 0.778. The van der Waals surface area contributed by atoms with Crippen LogP contribution in [0.5, 0.6) is 0 Å². The molecule has 1 saturated carbocycles. The molecule has 146 valence electrons. The maximum absolute atomic E-state index is 12.6. The normalized spacial score (nSPS) is 25.9. The summed E-state index contributed by atoms with van der Waals surface area (Å²) in [6.07, 6.45) is 3.06. The number of hydrogen-bond donors (Lipinski definition) is 2. The number of carbonyl (C=O) groups is 2. The summed E-state index contributed by atoms with van der Waals surface area (Å²) in [6, 6.07) is 7.17. The summed E-state index contributed by atoms with van der Waals surface area (Å²) in [6.45, 7) is 4.08. The first-order valence-electron chi connectivity index (χ1n) is 9.76. The van der Waals surface area contributed by atoms with Crippen LogP contribution in [0.4, 0.5) is 5.69 Å². The summed E-state index contributed by atoms with van der Waals surface area (Å²) in [4.78, 5) is 26.9. The maximum atomic E-state index is 12.6. The highest BCUT2D eigenvalue weighted by Gasteiger charge is 2.40. The lowest BCUT2D eigenvalue weighted by atomic mass is 9.95. The average molecular weight is 390 g/mol. The zero-order valence-electron chi connectivity index (χ0n) is 15.5. The number of carbonyl (C=O) groups excluding carboxylic acids is 2. The van der Waals surface area contributed by atoms with Gasteiger partial charge in [-0.3, -0.25) is 14.5 Å². The van der Waals surface area contributed by atoms with Crippen LogP contribution in [0.15, 0.2) is 24.3 Å². The molecular formula is C20H27N3O3S. The molecule has 7 heteroatoms. The van der Waals surface area contributed by atoms with E-state index < -0.39 is 0 Å². The number of rotatable bonds is 6. The van der Waals surface area contributed by atoms with Gasteiger partial charge in [0.25, 0.3) is 5.91 Å². The van der Waals surface area contributed by atoms with E-state index in [-0.39, 0.29) is 23.3 Å². The number of amides is 2. The first-order chi connectivity index (χ1) is 13.2. The number of anilines is 1. The SMILES string of the molecule is O=C(NCC1(N2CCOCC2)CCSC1)c1ccc(NC(=O)C2CC2)cc1. The summed E-state index contributed by atoms with van der Waals surface area (Å²) in [7, 11) is 0. The third kappa shape index (κ3) is 4.47. The number of nitrogens with one attached hydrogen (secondary N) is 2. The van der Waals surface area contributed by atoms with Gasteiger partial charge in [-0.15, -0.1) is 0 Å². The van der Waals surface area contributed by atoms with Crippen LogP contribution in [0.25, 0.3) is 0 Å². The smallest absolute Gasteiger partial charge is 0.251 e. The van der Waals surface area contributed by atoms with E-state index in [9.17, 15) is 9.59 Å². The number of nitrogens with zero attached hydrogens (tertiary/aromatic N) is 1. The van der Waals surface area contributed by atoms with E-state index in [1.807, 2.05) is 11.8 Å². The second-order valence-electron chi connectivity index (χ2n) is 7.65. The lowest BCUT2D eigenvalue weighted by Gasteiger charge is -2.43. The molecule has 1 aliphatic carbocycles. The molecule has 1 atom stereocenters. The fourth-order valence-corrected chi connectivity index (χ4v) is 5.25. The summed E-state index contributed by atoms with van der Waals surface area (Å²) in [5.74, 6) is 2.40.